The van der Waals surface area contributed by atoms with Gasteiger partial charge in [0.2, 0.25) is 0 Å². The number of rotatable bonds is 2. The van der Waals surface area contributed by atoms with Crippen LogP contribution in [0.5, 0.6) is 0 Å². The fourth-order valence-electron chi connectivity index (χ4n) is 1.76. The Balaban J connectivity index is 2.68. The summed E-state index contributed by atoms with van der Waals surface area (Å²) in [6.07, 6.45) is 2.00. The van der Waals surface area contributed by atoms with Crippen LogP contribution in [0.2, 0.25) is 0 Å². The van der Waals surface area contributed by atoms with E-state index in [-0.39, 0.29) is 0 Å². The van der Waals surface area contributed by atoms with Gasteiger partial charge in [0.15, 0.2) is 0 Å². The van der Waals surface area contributed by atoms with E-state index in [1.807, 2.05) is 24.3 Å². The van der Waals surface area contributed by atoms with E-state index in [1.165, 1.54) is 0 Å². The van der Waals surface area contributed by atoms with Crippen LogP contribution in [0, 0.1) is 11.3 Å². The standard InChI is InChI=1S/C12H12N2/c1-2-5-11-10(8-13)9-6-3-4-7-12(9)14-11/h3-4,6-7,14H,2,5H2,1H3. The van der Waals surface area contributed by atoms with Crippen LogP contribution >= 0.6 is 0 Å². The zero-order valence-electron chi connectivity index (χ0n) is 8.17. The van der Waals surface area contributed by atoms with Gasteiger partial charge < -0.3 is 4.98 Å². The van der Waals surface area contributed by atoms with Crippen molar-refractivity contribution in [1.82, 2.24) is 4.98 Å². The Bertz CT molecular complexity index is 488. The molecule has 2 nitrogen and oxygen atoms in total. The molecule has 0 spiro atoms. The number of hydrogen-bond donors (Lipinski definition) is 1. The van der Waals surface area contributed by atoms with E-state index in [9.17, 15) is 0 Å². The van der Waals surface area contributed by atoms with Gasteiger partial charge in [-0.25, -0.2) is 0 Å². The lowest BCUT2D eigenvalue weighted by Gasteiger charge is -1.92. The molecule has 0 fully saturated rings. The zero-order chi connectivity index (χ0) is 9.97. The number of H-pyrrole nitrogens is 1. The van der Waals surface area contributed by atoms with Crippen LogP contribution in [0.15, 0.2) is 24.3 Å². The van der Waals surface area contributed by atoms with Gasteiger partial charge in [-0.1, -0.05) is 31.5 Å². The van der Waals surface area contributed by atoms with Crippen molar-refractivity contribution >= 4 is 10.9 Å². The summed E-state index contributed by atoms with van der Waals surface area (Å²) in [6, 6.07) is 10.2. The van der Waals surface area contributed by atoms with Gasteiger partial charge in [-0.3, -0.25) is 0 Å². The first-order valence-electron chi connectivity index (χ1n) is 4.86. The third-order valence-electron chi connectivity index (χ3n) is 2.40. The highest BCUT2D eigenvalue weighted by molar-refractivity contribution is 5.87. The fourth-order valence-corrected chi connectivity index (χ4v) is 1.76. The molecule has 2 rings (SSSR count). The van der Waals surface area contributed by atoms with E-state index in [4.69, 9.17) is 5.26 Å². The van der Waals surface area contributed by atoms with Crippen LogP contribution in [0.1, 0.15) is 24.6 Å². The van der Waals surface area contributed by atoms with Gasteiger partial charge >= 0.3 is 0 Å². The molecule has 0 amide bonds. The SMILES string of the molecule is CCCc1[nH]c2ccccc2c1C#N. The summed E-state index contributed by atoms with van der Waals surface area (Å²) in [5.74, 6) is 0. The minimum Gasteiger partial charge on any atom is -0.357 e. The van der Waals surface area contributed by atoms with Gasteiger partial charge in [-0.05, 0) is 12.5 Å². The van der Waals surface area contributed by atoms with E-state index in [2.05, 4.69) is 18.0 Å². The van der Waals surface area contributed by atoms with Crippen molar-refractivity contribution < 1.29 is 0 Å². The van der Waals surface area contributed by atoms with Crippen molar-refractivity contribution in [2.24, 2.45) is 0 Å². The third kappa shape index (κ3) is 1.27. The molecular formula is C12H12N2. The maximum atomic E-state index is 9.06. The van der Waals surface area contributed by atoms with Crippen LogP contribution < -0.4 is 0 Å². The quantitative estimate of drug-likeness (QED) is 0.765. The van der Waals surface area contributed by atoms with Gasteiger partial charge in [-0.2, -0.15) is 5.26 Å². The Morgan fingerprint density at radius 2 is 2.14 bits per heavy atom. The average molecular weight is 184 g/mol. The molecule has 0 bridgehead atoms. The molecule has 70 valence electrons. The van der Waals surface area contributed by atoms with Gasteiger partial charge in [0.1, 0.15) is 6.07 Å². The topological polar surface area (TPSA) is 39.6 Å². The normalized spacial score (nSPS) is 10.3. The van der Waals surface area contributed by atoms with E-state index in [0.717, 1.165) is 35.0 Å². The predicted molar refractivity (Wildman–Crippen MR) is 57.0 cm³/mol. The molecule has 2 heteroatoms. The lowest BCUT2D eigenvalue weighted by molar-refractivity contribution is 0.893. The summed E-state index contributed by atoms with van der Waals surface area (Å²) in [4.78, 5) is 3.29. The number of fused-ring (bicyclic) bond motifs is 1. The number of para-hydroxylation sites is 1. The molecule has 0 saturated heterocycles. The molecule has 0 aliphatic carbocycles. The molecule has 2 aromatic rings. The van der Waals surface area contributed by atoms with Crippen molar-refractivity contribution in [2.75, 3.05) is 0 Å². The Morgan fingerprint density at radius 1 is 1.36 bits per heavy atom. The molecule has 0 unspecified atom stereocenters. The number of aromatic amines is 1. The Labute approximate surface area is 83.2 Å². The monoisotopic (exact) mass is 184 g/mol. The molecule has 1 N–H and O–H groups in total. The Kier molecular flexibility index (Phi) is 2.24. The number of aryl methyl sites for hydroxylation is 1. The van der Waals surface area contributed by atoms with Crippen molar-refractivity contribution in [3.8, 4) is 6.07 Å². The Hall–Kier alpha value is -1.75. The first-order chi connectivity index (χ1) is 6.86. The van der Waals surface area contributed by atoms with Crippen molar-refractivity contribution in [3.05, 3.63) is 35.5 Å². The molecule has 0 radical (unpaired) electrons. The molecule has 0 aliphatic rings. The Morgan fingerprint density at radius 3 is 2.86 bits per heavy atom. The van der Waals surface area contributed by atoms with Crippen molar-refractivity contribution in [1.29, 1.82) is 5.26 Å². The minimum atomic E-state index is 0.808. The maximum absolute atomic E-state index is 9.06. The number of hydrogen-bond acceptors (Lipinski definition) is 1. The maximum Gasteiger partial charge on any atom is 0.102 e. The summed E-state index contributed by atoms with van der Waals surface area (Å²) in [7, 11) is 0. The van der Waals surface area contributed by atoms with E-state index < -0.39 is 0 Å². The van der Waals surface area contributed by atoms with Crippen LogP contribution in [0.4, 0.5) is 0 Å². The lowest BCUT2D eigenvalue weighted by atomic mass is 10.1. The average Bonchev–Trinajstić information content (AvgIpc) is 2.55. The highest BCUT2D eigenvalue weighted by atomic mass is 14.7. The summed E-state index contributed by atoms with van der Waals surface area (Å²) in [6.45, 7) is 2.12. The molecule has 1 heterocycles. The van der Waals surface area contributed by atoms with Crippen molar-refractivity contribution in [2.45, 2.75) is 19.8 Å². The summed E-state index contributed by atoms with van der Waals surface area (Å²) in [5, 5.41) is 10.1. The van der Waals surface area contributed by atoms with Gasteiger partial charge in [0, 0.05) is 16.6 Å². The second-order valence-electron chi connectivity index (χ2n) is 3.39. The van der Waals surface area contributed by atoms with E-state index in [0.29, 0.717) is 0 Å². The van der Waals surface area contributed by atoms with Crippen LogP contribution in [-0.4, -0.2) is 4.98 Å². The zero-order valence-corrected chi connectivity index (χ0v) is 8.17. The number of nitriles is 1. The first-order valence-corrected chi connectivity index (χ1v) is 4.86. The van der Waals surface area contributed by atoms with Crippen LogP contribution in [0.25, 0.3) is 10.9 Å². The first kappa shape index (κ1) is 8.83. The van der Waals surface area contributed by atoms with E-state index >= 15 is 0 Å². The van der Waals surface area contributed by atoms with Gasteiger partial charge in [0.25, 0.3) is 0 Å². The minimum absolute atomic E-state index is 0.808. The molecule has 14 heavy (non-hydrogen) atoms. The predicted octanol–water partition coefficient (Wildman–Crippen LogP) is 2.99. The molecule has 1 aromatic carbocycles. The van der Waals surface area contributed by atoms with Gasteiger partial charge in [-0.15, -0.1) is 0 Å². The van der Waals surface area contributed by atoms with Crippen LogP contribution in [0.3, 0.4) is 0 Å². The fraction of sp³-hybridized carbons (Fsp3) is 0.250. The number of nitrogens with one attached hydrogen (secondary N) is 1. The molecule has 0 atom stereocenters. The summed E-state index contributed by atoms with van der Waals surface area (Å²) in [5.41, 5.74) is 2.94. The summed E-state index contributed by atoms with van der Waals surface area (Å²) >= 11 is 0. The molecule has 0 saturated carbocycles. The smallest absolute Gasteiger partial charge is 0.102 e. The number of benzene rings is 1. The lowest BCUT2D eigenvalue weighted by Crippen LogP contribution is -1.85. The molecule has 1 aromatic heterocycles. The highest BCUT2D eigenvalue weighted by Gasteiger charge is 2.08. The largest absolute Gasteiger partial charge is 0.357 e. The molecular weight excluding hydrogens is 172 g/mol. The number of aromatic nitrogens is 1. The van der Waals surface area contributed by atoms with E-state index in [1.54, 1.807) is 0 Å². The van der Waals surface area contributed by atoms with Crippen LogP contribution in [-0.2, 0) is 6.42 Å². The highest BCUT2D eigenvalue weighted by Crippen LogP contribution is 2.22. The van der Waals surface area contributed by atoms with Gasteiger partial charge in [0.05, 0.1) is 5.56 Å². The molecule has 0 aliphatic heterocycles. The summed E-state index contributed by atoms with van der Waals surface area (Å²) < 4.78 is 0. The number of nitrogens with zero attached hydrogens (tertiary/aromatic N) is 1. The second-order valence-corrected chi connectivity index (χ2v) is 3.39. The van der Waals surface area contributed by atoms with Crippen molar-refractivity contribution in [3.63, 3.8) is 0 Å². The second kappa shape index (κ2) is 3.55. The third-order valence-corrected chi connectivity index (χ3v) is 2.40.